The Hall–Kier alpha value is -2.73. The smallest absolute Gasteiger partial charge is 0.300 e. The number of benzene rings is 2. The first-order chi connectivity index (χ1) is 11.0. The number of hydrogen-bond donors (Lipinski definition) is 1. The SMILES string of the molecule is COc1ccc(C2(O)Oc3cc(OC)cc(OC)c3C2=O)cc1. The van der Waals surface area contributed by atoms with Gasteiger partial charge in [0.05, 0.1) is 21.3 Å². The molecule has 23 heavy (non-hydrogen) atoms. The summed E-state index contributed by atoms with van der Waals surface area (Å²) in [7, 11) is 4.47. The molecule has 0 fully saturated rings. The number of fused-ring (bicyclic) bond motifs is 1. The average Bonchev–Trinajstić information content (AvgIpc) is 2.86. The molecular weight excluding hydrogens is 300 g/mol. The summed E-state index contributed by atoms with van der Waals surface area (Å²) in [6.45, 7) is 0. The van der Waals surface area contributed by atoms with Crippen molar-refractivity contribution in [3.63, 3.8) is 0 Å². The summed E-state index contributed by atoms with van der Waals surface area (Å²) in [6, 6.07) is 9.55. The van der Waals surface area contributed by atoms with E-state index in [0.29, 0.717) is 17.1 Å². The molecule has 0 radical (unpaired) electrons. The molecule has 0 saturated carbocycles. The predicted molar refractivity (Wildman–Crippen MR) is 81.4 cm³/mol. The van der Waals surface area contributed by atoms with Gasteiger partial charge in [-0.3, -0.25) is 4.79 Å². The number of carbonyl (C=O) groups is 1. The zero-order valence-electron chi connectivity index (χ0n) is 13.0. The first-order valence-electron chi connectivity index (χ1n) is 6.90. The minimum atomic E-state index is -2.10. The summed E-state index contributed by atoms with van der Waals surface area (Å²) in [5, 5.41) is 10.8. The normalized spacial score (nSPS) is 19.0. The molecule has 1 heterocycles. The second-order valence-electron chi connectivity index (χ2n) is 5.01. The van der Waals surface area contributed by atoms with Crippen LogP contribution in [0.5, 0.6) is 23.0 Å². The number of ether oxygens (including phenoxy) is 4. The van der Waals surface area contributed by atoms with Crippen LogP contribution in [0.15, 0.2) is 36.4 Å². The zero-order valence-corrected chi connectivity index (χ0v) is 13.0. The molecule has 0 saturated heterocycles. The predicted octanol–water partition coefficient (Wildman–Crippen LogP) is 2.13. The topological polar surface area (TPSA) is 74.2 Å². The van der Waals surface area contributed by atoms with E-state index >= 15 is 0 Å². The quantitative estimate of drug-likeness (QED) is 0.931. The van der Waals surface area contributed by atoms with Gasteiger partial charge in [0, 0.05) is 17.7 Å². The van der Waals surface area contributed by atoms with Crippen LogP contribution in [0.3, 0.4) is 0 Å². The monoisotopic (exact) mass is 316 g/mol. The molecule has 0 bridgehead atoms. The van der Waals surface area contributed by atoms with E-state index in [1.54, 1.807) is 30.3 Å². The molecule has 0 amide bonds. The molecule has 1 aliphatic rings. The molecule has 1 unspecified atom stereocenters. The van der Waals surface area contributed by atoms with Gasteiger partial charge in [-0.1, -0.05) is 0 Å². The molecule has 0 aromatic heterocycles. The fourth-order valence-corrected chi connectivity index (χ4v) is 2.53. The Kier molecular flexibility index (Phi) is 3.61. The fourth-order valence-electron chi connectivity index (χ4n) is 2.53. The van der Waals surface area contributed by atoms with Gasteiger partial charge in [0.25, 0.3) is 5.79 Å². The van der Waals surface area contributed by atoms with Gasteiger partial charge in [-0.25, -0.2) is 0 Å². The number of Topliss-reactive ketones (excluding diaryl/α,β-unsaturated/α-hetero) is 1. The molecule has 6 heteroatoms. The van der Waals surface area contributed by atoms with Gasteiger partial charge in [0.2, 0.25) is 5.78 Å². The number of rotatable bonds is 4. The molecule has 1 N–H and O–H groups in total. The summed E-state index contributed by atoms with van der Waals surface area (Å²) in [5.41, 5.74) is 0.493. The van der Waals surface area contributed by atoms with Gasteiger partial charge in [-0.2, -0.15) is 0 Å². The highest BCUT2D eigenvalue weighted by Crippen LogP contribution is 2.46. The second kappa shape index (κ2) is 5.48. The van der Waals surface area contributed by atoms with Crippen molar-refractivity contribution in [2.24, 2.45) is 0 Å². The molecule has 1 atom stereocenters. The first kappa shape index (κ1) is 15.2. The Bertz CT molecular complexity index is 752. The lowest BCUT2D eigenvalue weighted by Gasteiger charge is -2.21. The summed E-state index contributed by atoms with van der Waals surface area (Å²) in [6.07, 6.45) is 0. The standard InChI is InChI=1S/C17H16O6/c1-20-11-6-4-10(5-7-11)17(19)16(18)15-13(22-3)8-12(21-2)9-14(15)23-17/h4-9,19H,1-3H3. The van der Waals surface area contributed by atoms with Gasteiger partial charge < -0.3 is 24.1 Å². The molecule has 2 aromatic rings. The molecule has 0 spiro atoms. The van der Waals surface area contributed by atoms with E-state index in [4.69, 9.17) is 18.9 Å². The van der Waals surface area contributed by atoms with Crippen LogP contribution < -0.4 is 18.9 Å². The Morgan fingerprint density at radius 2 is 1.61 bits per heavy atom. The van der Waals surface area contributed by atoms with E-state index in [9.17, 15) is 9.90 Å². The third-order valence-corrected chi connectivity index (χ3v) is 3.77. The van der Waals surface area contributed by atoms with Crippen molar-refractivity contribution >= 4 is 5.78 Å². The van der Waals surface area contributed by atoms with Crippen LogP contribution in [0.25, 0.3) is 0 Å². The summed E-state index contributed by atoms with van der Waals surface area (Å²) < 4.78 is 21.0. The lowest BCUT2D eigenvalue weighted by Crippen LogP contribution is -2.36. The Labute approximate surface area is 133 Å². The van der Waals surface area contributed by atoms with Crippen LogP contribution in [-0.2, 0) is 5.79 Å². The summed E-state index contributed by atoms with van der Waals surface area (Å²) >= 11 is 0. The highest BCUT2D eigenvalue weighted by Gasteiger charge is 2.50. The Balaban J connectivity index is 2.08. The highest BCUT2D eigenvalue weighted by molar-refractivity contribution is 6.09. The van der Waals surface area contributed by atoms with E-state index in [2.05, 4.69) is 0 Å². The summed E-state index contributed by atoms with van der Waals surface area (Å²) in [4.78, 5) is 12.7. The van der Waals surface area contributed by atoms with Crippen molar-refractivity contribution in [2.45, 2.75) is 5.79 Å². The van der Waals surface area contributed by atoms with Crippen molar-refractivity contribution < 1.29 is 28.8 Å². The first-order valence-corrected chi connectivity index (χ1v) is 6.90. The van der Waals surface area contributed by atoms with E-state index < -0.39 is 11.6 Å². The van der Waals surface area contributed by atoms with Gasteiger partial charge in [-0.05, 0) is 24.3 Å². The van der Waals surface area contributed by atoms with Crippen LogP contribution in [0.4, 0.5) is 0 Å². The van der Waals surface area contributed by atoms with Crippen molar-refractivity contribution in [3.8, 4) is 23.0 Å². The highest BCUT2D eigenvalue weighted by atomic mass is 16.6. The van der Waals surface area contributed by atoms with Gasteiger partial charge >= 0.3 is 0 Å². The number of methoxy groups -OCH3 is 3. The van der Waals surface area contributed by atoms with Crippen molar-refractivity contribution in [3.05, 3.63) is 47.5 Å². The van der Waals surface area contributed by atoms with Gasteiger partial charge in [-0.15, -0.1) is 0 Å². The Morgan fingerprint density at radius 3 is 2.17 bits per heavy atom. The van der Waals surface area contributed by atoms with Crippen LogP contribution in [-0.4, -0.2) is 32.2 Å². The molecule has 3 rings (SSSR count). The third kappa shape index (κ3) is 2.27. The number of aliphatic hydroxyl groups is 1. The molecule has 2 aromatic carbocycles. The third-order valence-electron chi connectivity index (χ3n) is 3.77. The van der Waals surface area contributed by atoms with Crippen molar-refractivity contribution in [2.75, 3.05) is 21.3 Å². The lowest BCUT2D eigenvalue weighted by atomic mass is 9.98. The maximum atomic E-state index is 12.7. The van der Waals surface area contributed by atoms with Gasteiger partial charge in [0.1, 0.15) is 28.6 Å². The molecule has 120 valence electrons. The molecular formula is C17H16O6. The zero-order chi connectivity index (χ0) is 16.6. The molecule has 1 aliphatic heterocycles. The molecule has 6 nitrogen and oxygen atoms in total. The number of ketones is 1. The Morgan fingerprint density at radius 1 is 0.957 bits per heavy atom. The van der Waals surface area contributed by atoms with Crippen LogP contribution >= 0.6 is 0 Å². The van der Waals surface area contributed by atoms with Crippen LogP contribution in [0.1, 0.15) is 15.9 Å². The largest absolute Gasteiger partial charge is 0.497 e. The lowest BCUT2D eigenvalue weighted by molar-refractivity contribution is -0.0960. The summed E-state index contributed by atoms with van der Waals surface area (Å²) in [5.74, 6) is -1.11. The minimum absolute atomic E-state index is 0.187. The average molecular weight is 316 g/mol. The number of carbonyl (C=O) groups excluding carboxylic acids is 1. The molecule has 0 aliphatic carbocycles. The fraction of sp³-hybridized carbons (Fsp3) is 0.235. The van der Waals surface area contributed by atoms with Crippen LogP contribution in [0, 0.1) is 0 Å². The van der Waals surface area contributed by atoms with Gasteiger partial charge in [0.15, 0.2) is 0 Å². The van der Waals surface area contributed by atoms with Crippen molar-refractivity contribution in [1.82, 2.24) is 0 Å². The maximum absolute atomic E-state index is 12.7. The van der Waals surface area contributed by atoms with Crippen molar-refractivity contribution in [1.29, 1.82) is 0 Å². The maximum Gasteiger partial charge on any atom is 0.300 e. The van der Waals surface area contributed by atoms with Crippen LogP contribution in [0.2, 0.25) is 0 Å². The minimum Gasteiger partial charge on any atom is -0.497 e. The second-order valence-corrected chi connectivity index (χ2v) is 5.01. The van der Waals surface area contributed by atoms with E-state index in [1.165, 1.54) is 27.4 Å². The van der Waals surface area contributed by atoms with E-state index in [1.807, 2.05) is 0 Å². The number of hydrogen-bond acceptors (Lipinski definition) is 6. The van der Waals surface area contributed by atoms with E-state index in [0.717, 1.165) is 0 Å². The van der Waals surface area contributed by atoms with E-state index in [-0.39, 0.29) is 17.1 Å².